The molecule has 2 N–H and O–H groups in total. The summed E-state index contributed by atoms with van der Waals surface area (Å²) in [6.45, 7) is 0. The second-order valence-electron chi connectivity index (χ2n) is 4.07. The minimum Gasteiger partial charge on any atom is -0.369 e. The van der Waals surface area contributed by atoms with Crippen LogP contribution < -0.4 is 5.73 Å². The van der Waals surface area contributed by atoms with Crippen LogP contribution in [0.15, 0.2) is 30.5 Å². The molecule has 98 valence electrons. The highest BCUT2D eigenvalue weighted by Crippen LogP contribution is 2.27. The molecule has 0 aliphatic rings. The first kappa shape index (κ1) is 12.7. The first-order valence-electron chi connectivity index (χ1n) is 5.59. The average Bonchev–Trinajstić information content (AvgIpc) is 2.73. The summed E-state index contributed by atoms with van der Waals surface area (Å²) in [6.07, 6.45) is 1.50. The molecule has 0 atom stereocenters. The maximum absolute atomic E-state index is 9.21. The van der Waals surface area contributed by atoms with Crippen LogP contribution in [0.4, 0.5) is 5.95 Å². The van der Waals surface area contributed by atoms with E-state index >= 15 is 0 Å². The van der Waals surface area contributed by atoms with Crippen LogP contribution in [0, 0.1) is 11.3 Å². The van der Waals surface area contributed by atoms with E-state index in [2.05, 4.69) is 16.0 Å². The molecule has 0 saturated carbocycles. The third kappa shape index (κ3) is 1.95. The van der Waals surface area contributed by atoms with Crippen molar-refractivity contribution in [2.75, 3.05) is 5.73 Å². The molecule has 0 fully saturated rings. The van der Waals surface area contributed by atoms with Gasteiger partial charge in [0.15, 0.2) is 5.65 Å². The molecule has 0 saturated heterocycles. The Morgan fingerprint density at radius 1 is 1.20 bits per heavy atom. The predicted octanol–water partition coefficient (Wildman–Crippen LogP) is 3.18. The van der Waals surface area contributed by atoms with E-state index in [1.54, 1.807) is 28.8 Å². The Labute approximate surface area is 124 Å². The van der Waals surface area contributed by atoms with Gasteiger partial charge in [-0.25, -0.2) is 9.97 Å². The van der Waals surface area contributed by atoms with E-state index < -0.39 is 0 Å². The SMILES string of the molecule is N#Cc1ccc(Cl)cc1-n1c(N)nc2cc(Cl)cnc21. The molecule has 0 aliphatic heterocycles. The summed E-state index contributed by atoms with van der Waals surface area (Å²) in [4.78, 5) is 8.42. The number of nitriles is 1. The van der Waals surface area contributed by atoms with Crippen molar-refractivity contribution in [3.8, 4) is 11.8 Å². The normalized spacial score (nSPS) is 10.7. The van der Waals surface area contributed by atoms with Crippen molar-refractivity contribution in [3.63, 3.8) is 0 Å². The van der Waals surface area contributed by atoms with Crippen LogP contribution in [-0.2, 0) is 0 Å². The van der Waals surface area contributed by atoms with Crippen LogP contribution in [0.1, 0.15) is 5.56 Å². The number of fused-ring (bicyclic) bond motifs is 1. The van der Waals surface area contributed by atoms with E-state index in [-0.39, 0.29) is 5.95 Å². The molecule has 3 rings (SSSR count). The number of rotatable bonds is 1. The first-order chi connectivity index (χ1) is 9.60. The fourth-order valence-corrected chi connectivity index (χ4v) is 2.30. The monoisotopic (exact) mass is 303 g/mol. The van der Waals surface area contributed by atoms with Gasteiger partial charge in [-0.3, -0.25) is 4.57 Å². The molecular weight excluding hydrogens is 297 g/mol. The third-order valence-corrected chi connectivity index (χ3v) is 3.25. The van der Waals surface area contributed by atoms with Gasteiger partial charge in [-0.05, 0) is 24.3 Å². The lowest BCUT2D eigenvalue weighted by molar-refractivity contribution is 1.08. The molecule has 2 aromatic heterocycles. The van der Waals surface area contributed by atoms with Gasteiger partial charge < -0.3 is 5.73 Å². The van der Waals surface area contributed by atoms with Crippen molar-refractivity contribution >= 4 is 40.3 Å². The van der Waals surface area contributed by atoms with E-state index in [1.165, 1.54) is 6.20 Å². The maximum Gasteiger partial charge on any atom is 0.207 e. The summed E-state index contributed by atoms with van der Waals surface area (Å²) in [5.41, 5.74) is 7.96. The lowest BCUT2D eigenvalue weighted by atomic mass is 10.2. The van der Waals surface area contributed by atoms with Gasteiger partial charge in [-0.2, -0.15) is 5.26 Å². The van der Waals surface area contributed by atoms with Gasteiger partial charge >= 0.3 is 0 Å². The topological polar surface area (TPSA) is 80.5 Å². The molecule has 2 heterocycles. The van der Waals surface area contributed by atoms with Crippen LogP contribution in [0.5, 0.6) is 0 Å². The number of nitrogens with two attached hydrogens (primary N) is 1. The van der Waals surface area contributed by atoms with E-state index in [1.807, 2.05) is 0 Å². The van der Waals surface area contributed by atoms with Crippen molar-refractivity contribution in [2.24, 2.45) is 0 Å². The lowest BCUT2D eigenvalue weighted by Crippen LogP contribution is -2.03. The van der Waals surface area contributed by atoms with Gasteiger partial charge in [0.25, 0.3) is 0 Å². The number of imidazole rings is 1. The number of halogens is 2. The van der Waals surface area contributed by atoms with E-state index in [0.29, 0.717) is 32.5 Å². The van der Waals surface area contributed by atoms with Crippen molar-refractivity contribution in [3.05, 3.63) is 46.1 Å². The van der Waals surface area contributed by atoms with Crippen molar-refractivity contribution in [1.82, 2.24) is 14.5 Å². The van der Waals surface area contributed by atoms with Crippen LogP contribution in [0.25, 0.3) is 16.9 Å². The molecule has 0 amide bonds. The van der Waals surface area contributed by atoms with Gasteiger partial charge in [-0.1, -0.05) is 23.2 Å². The van der Waals surface area contributed by atoms with Gasteiger partial charge in [-0.15, -0.1) is 0 Å². The number of nitrogen functional groups attached to an aromatic ring is 1. The maximum atomic E-state index is 9.21. The summed E-state index contributed by atoms with van der Waals surface area (Å²) in [6, 6.07) is 8.67. The van der Waals surface area contributed by atoms with Crippen molar-refractivity contribution in [1.29, 1.82) is 5.26 Å². The molecule has 3 aromatic rings. The molecule has 5 nitrogen and oxygen atoms in total. The van der Waals surface area contributed by atoms with Crippen LogP contribution in [0.3, 0.4) is 0 Å². The van der Waals surface area contributed by atoms with E-state index in [4.69, 9.17) is 28.9 Å². The Bertz CT molecular complexity index is 863. The highest BCUT2D eigenvalue weighted by molar-refractivity contribution is 6.31. The second-order valence-corrected chi connectivity index (χ2v) is 4.95. The Kier molecular flexibility index (Phi) is 2.97. The highest BCUT2D eigenvalue weighted by atomic mass is 35.5. The summed E-state index contributed by atoms with van der Waals surface area (Å²) in [7, 11) is 0. The minimum atomic E-state index is 0.216. The zero-order valence-electron chi connectivity index (χ0n) is 10.0. The molecule has 0 unspecified atom stereocenters. The largest absolute Gasteiger partial charge is 0.369 e. The number of hydrogen-bond acceptors (Lipinski definition) is 4. The smallest absolute Gasteiger partial charge is 0.207 e. The molecular formula is C13H7Cl2N5. The zero-order valence-corrected chi connectivity index (χ0v) is 11.5. The van der Waals surface area contributed by atoms with Crippen molar-refractivity contribution < 1.29 is 0 Å². The zero-order chi connectivity index (χ0) is 14.3. The van der Waals surface area contributed by atoms with Crippen LogP contribution >= 0.6 is 23.2 Å². The third-order valence-electron chi connectivity index (χ3n) is 2.81. The second kappa shape index (κ2) is 4.67. The average molecular weight is 304 g/mol. The van der Waals surface area contributed by atoms with Gasteiger partial charge in [0.05, 0.1) is 16.3 Å². The Morgan fingerprint density at radius 2 is 2.00 bits per heavy atom. The summed E-state index contributed by atoms with van der Waals surface area (Å²) >= 11 is 11.9. The minimum absolute atomic E-state index is 0.216. The highest BCUT2D eigenvalue weighted by Gasteiger charge is 2.15. The molecule has 0 bridgehead atoms. The van der Waals surface area contributed by atoms with Gasteiger partial charge in [0.1, 0.15) is 11.6 Å². The Morgan fingerprint density at radius 3 is 2.75 bits per heavy atom. The fraction of sp³-hybridized carbons (Fsp3) is 0. The number of hydrogen-bond donors (Lipinski definition) is 1. The number of benzene rings is 1. The van der Waals surface area contributed by atoms with Gasteiger partial charge in [0.2, 0.25) is 5.95 Å². The molecule has 1 aromatic carbocycles. The molecule has 0 radical (unpaired) electrons. The van der Waals surface area contributed by atoms with E-state index in [0.717, 1.165) is 0 Å². The standard InChI is InChI=1S/C13H7Cl2N5/c14-8-2-1-7(5-16)11(4-8)20-12-10(19-13(20)17)3-9(15)6-18-12/h1-4,6H,(H2,17,19). The van der Waals surface area contributed by atoms with Crippen LogP contribution in [0.2, 0.25) is 10.0 Å². The Hall–Kier alpha value is -2.29. The molecule has 20 heavy (non-hydrogen) atoms. The van der Waals surface area contributed by atoms with E-state index in [9.17, 15) is 5.26 Å². The predicted molar refractivity (Wildman–Crippen MR) is 78.0 cm³/mol. The van der Waals surface area contributed by atoms with Crippen LogP contribution in [-0.4, -0.2) is 14.5 Å². The fourth-order valence-electron chi connectivity index (χ4n) is 1.98. The number of nitrogens with zero attached hydrogens (tertiary/aromatic N) is 4. The molecule has 0 spiro atoms. The lowest BCUT2D eigenvalue weighted by Gasteiger charge is -2.08. The molecule has 7 heteroatoms. The number of aromatic nitrogens is 3. The summed E-state index contributed by atoms with van der Waals surface area (Å²) in [5, 5.41) is 10.2. The van der Waals surface area contributed by atoms with Gasteiger partial charge in [0, 0.05) is 11.2 Å². The quantitative estimate of drug-likeness (QED) is 0.748. The van der Waals surface area contributed by atoms with Crippen molar-refractivity contribution in [2.45, 2.75) is 0 Å². The summed E-state index contributed by atoms with van der Waals surface area (Å²) in [5.74, 6) is 0.216. The Balaban J connectivity index is 2.38. The number of pyridine rings is 1. The number of anilines is 1. The molecule has 0 aliphatic carbocycles. The summed E-state index contributed by atoms with van der Waals surface area (Å²) < 4.78 is 1.58. The first-order valence-corrected chi connectivity index (χ1v) is 6.35.